The Morgan fingerprint density at radius 2 is 1.50 bits per heavy atom. The fourth-order valence-corrected chi connectivity index (χ4v) is 1.11. The van der Waals surface area contributed by atoms with Gasteiger partial charge in [-0.05, 0) is 0 Å². The Balaban J connectivity index is 2.75. The predicted molar refractivity (Wildman–Crippen MR) is 34.4 cm³/mol. The van der Waals surface area contributed by atoms with Gasteiger partial charge < -0.3 is 0 Å². The molecule has 0 aromatic carbocycles. The Labute approximate surface area is 53.7 Å². The van der Waals surface area contributed by atoms with Gasteiger partial charge in [-0.2, -0.15) is 11.1 Å². The molecule has 0 nitrogen and oxygen atoms in total. The van der Waals surface area contributed by atoms with Crippen molar-refractivity contribution in [3.63, 3.8) is 0 Å². The molecule has 0 heterocycles. The SMILES string of the molecule is ClC[SiH](Cl)CCl. The molecule has 0 unspecified atom stereocenters. The van der Waals surface area contributed by atoms with Crippen molar-refractivity contribution in [3.8, 4) is 0 Å². The van der Waals surface area contributed by atoms with E-state index in [9.17, 15) is 0 Å². The lowest BCUT2D eigenvalue weighted by molar-refractivity contribution is 1.94. The summed E-state index contributed by atoms with van der Waals surface area (Å²) in [5, 5.41) is 0. The maximum absolute atomic E-state index is 5.52. The highest BCUT2D eigenvalue weighted by Crippen LogP contribution is 1.93. The molecular formula is C2H5Cl3Si. The van der Waals surface area contributed by atoms with Gasteiger partial charge in [0, 0.05) is 11.0 Å². The molecule has 0 fully saturated rings. The van der Waals surface area contributed by atoms with Crippen LogP contribution in [0.5, 0.6) is 0 Å². The first-order chi connectivity index (χ1) is 2.81. The minimum absolute atomic E-state index is 0.574. The molecule has 0 rings (SSSR count). The van der Waals surface area contributed by atoms with Crippen LogP contribution >= 0.6 is 34.3 Å². The lowest BCUT2D eigenvalue weighted by Gasteiger charge is -1.89. The van der Waals surface area contributed by atoms with Gasteiger partial charge in [0.25, 0.3) is 0 Å². The van der Waals surface area contributed by atoms with Gasteiger partial charge in [0.1, 0.15) is 0 Å². The van der Waals surface area contributed by atoms with E-state index in [1.54, 1.807) is 0 Å². The standard InChI is InChI=1S/C2H5Cl3Si/c3-1-6(5)2-4/h6H,1-2H2. The maximum Gasteiger partial charge on any atom is 0.170 e. The number of halogens is 3. The number of hydrogen-bond donors (Lipinski definition) is 0. The lowest BCUT2D eigenvalue weighted by Crippen LogP contribution is -2.07. The highest BCUT2D eigenvalue weighted by molar-refractivity contribution is 7.11. The second-order valence-corrected chi connectivity index (χ2v) is 6.42. The molecular weight excluding hydrogens is 158 g/mol. The molecule has 0 bridgehead atoms. The third-order valence-electron chi connectivity index (χ3n) is 0.335. The van der Waals surface area contributed by atoms with E-state index in [1.165, 1.54) is 0 Å². The van der Waals surface area contributed by atoms with Gasteiger partial charge in [0.05, 0.1) is 0 Å². The van der Waals surface area contributed by atoms with Crippen molar-refractivity contribution in [3.05, 3.63) is 0 Å². The number of rotatable bonds is 2. The summed E-state index contributed by atoms with van der Waals surface area (Å²) in [5.41, 5.74) is 1.15. The first-order valence-corrected chi connectivity index (χ1v) is 6.02. The van der Waals surface area contributed by atoms with Crippen molar-refractivity contribution in [2.45, 2.75) is 0 Å². The summed E-state index contributed by atoms with van der Waals surface area (Å²) in [6.07, 6.45) is 0. The quantitative estimate of drug-likeness (QED) is 0.329. The van der Waals surface area contributed by atoms with Crippen molar-refractivity contribution in [1.82, 2.24) is 0 Å². The Kier molecular flexibility index (Phi) is 5.02. The van der Waals surface area contributed by atoms with Crippen LogP contribution < -0.4 is 0 Å². The van der Waals surface area contributed by atoms with E-state index >= 15 is 0 Å². The van der Waals surface area contributed by atoms with E-state index in [2.05, 4.69) is 0 Å². The summed E-state index contributed by atoms with van der Waals surface area (Å²) in [4.78, 5) is 0. The molecule has 0 N–H and O–H groups in total. The largest absolute Gasteiger partial charge is 0.170 e. The monoisotopic (exact) mass is 162 g/mol. The van der Waals surface area contributed by atoms with E-state index in [0.29, 0.717) is 11.0 Å². The molecule has 0 aromatic heterocycles. The van der Waals surface area contributed by atoms with Crippen molar-refractivity contribution >= 4 is 42.4 Å². The van der Waals surface area contributed by atoms with Crippen LogP contribution in [-0.2, 0) is 0 Å². The van der Waals surface area contributed by atoms with Gasteiger partial charge in [-0.25, -0.2) is 0 Å². The molecule has 0 aliphatic rings. The Bertz CT molecular complexity index is 28.0. The van der Waals surface area contributed by atoms with Crippen LogP contribution in [0.1, 0.15) is 0 Å². The Morgan fingerprint density at radius 3 is 1.50 bits per heavy atom. The molecule has 0 aliphatic heterocycles. The van der Waals surface area contributed by atoms with Gasteiger partial charge in [0.15, 0.2) is 8.11 Å². The van der Waals surface area contributed by atoms with E-state index in [1.807, 2.05) is 0 Å². The first-order valence-electron chi connectivity index (χ1n) is 1.57. The van der Waals surface area contributed by atoms with Gasteiger partial charge >= 0.3 is 0 Å². The highest BCUT2D eigenvalue weighted by atomic mass is 35.6. The molecule has 0 atom stereocenters. The zero-order valence-electron chi connectivity index (χ0n) is 3.13. The minimum atomic E-state index is -1.16. The average Bonchev–Trinajstić information content (AvgIpc) is 1.65. The lowest BCUT2D eigenvalue weighted by atomic mass is 11.8. The molecule has 0 radical (unpaired) electrons. The van der Waals surface area contributed by atoms with E-state index < -0.39 is 8.11 Å². The van der Waals surface area contributed by atoms with Crippen molar-refractivity contribution in [1.29, 1.82) is 0 Å². The van der Waals surface area contributed by atoms with Crippen LogP contribution in [0, 0.1) is 0 Å². The maximum atomic E-state index is 5.52. The van der Waals surface area contributed by atoms with E-state index in [-0.39, 0.29) is 0 Å². The van der Waals surface area contributed by atoms with Crippen LogP contribution in [0.4, 0.5) is 0 Å². The van der Waals surface area contributed by atoms with Crippen LogP contribution in [-0.4, -0.2) is 19.1 Å². The van der Waals surface area contributed by atoms with Gasteiger partial charge in [0.2, 0.25) is 0 Å². The smallest absolute Gasteiger partial charge is 0.169 e. The second kappa shape index (κ2) is 4.25. The third kappa shape index (κ3) is 3.28. The summed E-state index contributed by atoms with van der Waals surface area (Å²) in [7, 11) is -1.16. The van der Waals surface area contributed by atoms with Gasteiger partial charge in [-0.1, -0.05) is 0 Å². The molecule has 0 spiro atoms. The zero-order chi connectivity index (χ0) is 4.99. The topological polar surface area (TPSA) is 0 Å². The summed E-state index contributed by atoms with van der Waals surface area (Å²) in [5.74, 6) is 0. The molecule has 0 saturated heterocycles. The van der Waals surface area contributed by atoms with Crippen LogP contribution in [0.2, 0.25) is 0 Å². The van der Waals surface area contributed by atoms with Crippen molar-refractivity contribution in [2.24, 2.45) is 0 Å². The zero-order valence-corrected chi connectivity index (χ0v) is 6.55. The van der Waals surface area contributed by atoms with Gasteiger partial charge in [-0.3, -0.25) is 0 Å². The molecule has 38 valence electrons. The third-order valence-corrected chi connectivity index (χ3v) is 5.11. The van der Waals surface area contributed by atoms with Crippen LogP contribution in [0.15, 0.2) is 0 Å². The average molecular weight is 164 g/mol. The summed E-state index contributed by atoms with van der Waals surface area (Å²) >= 11 is 16.1. The minimum Gasteiger partial charge on any atom is -0.169 e. The molecule has 0 aromatic rings. The van der Waals surface area contributed by atoms with E-state index in [4.69, 9.17) is 34.3 Å². The summed E-state index contributed by atoms with van der Waals surface area (Å²) < 4.78 is 0. The van der Waals surface area contributed by atoms with Crippen LogP contribution in [0.3, 0.4) is 0 Å². The molecule has 0 amide bonds. The van der Waals surface area contributed by atoms with Crippen molar-refractivity contribution < 1.29 is 0 Å². The summed E-state index contributed by atoms with van der Waals surface area (Å²) in [6, 6.07) is 0. The molecule has 0 aliphatic carbocycles. The fourth-order valence-electron chi connectivity index (χ4n) is 0.0412. The molecule has 6 heavy (non-hydrogen) atoms. The fraction of sp³-hybridized carbons (Fsp3) is 1.00. The van der Waals surface area contributed by atoms with Gasteiger partial charge in [-0.15, -0.1) is 23.2 Å². The Hall–Kier alpha value is 1.09. The van der Waals surface area contributed by atoms with Crippen LogP contribution in [0.25, 0.3) is 0 Å². The summed E-state index contributed by atoms with van der Waals surface area (Å²) in [6.45, 7) is 0. The first kappa shape index (κ1) is 7.09. The van der Waals surface area contributed by atoms with E-state index in [0.717, 1.165) is 0 Å². The van der Waals surface area contributed by atoms with Crippen molar-refractivity contribution in [2.75, 3.05) is 11.0 Å². The normalized spacial score (nSPS) is 10.0. The molecule has 0 saturated carbocycles. The predicted octanol–water partition coefficient (Wildman–Crippen LogP) is 1.50. The highest BCUT2D eigenvalue weighted by Gasteiger charge is 1.99. The number of alkyl halides is 2. The molecule has 4 heteroatoms. The number of hydrogen-bond acceptors (Lipinski definition) is 0. The Morgan fingerprint density at radius 1 is 1.17 bits per heavy atom. The second-order valence-electron chi connectivity index (χ2n) is 0.906.